The second kappa shape index (κ2) is 6.40. The van der Waals surface area contributed by atoms with Gasteiger partial charge in [0.15, 0.2) is 0 Å². The van der Waals surface area contributed by atoms with Gasteiger partial charge in [0.05, 0.1) is 12.2 Å². The van der Waals surface area contributed by atoms with E-state index in [4.69, 9.17) is 9.84 Å². The van der Waals surface area contributed by atoms with Crippen molar-refractivity contribution in [3.8, 4) is 0 Å². The van der Waals surface area contributed by atoms with Crippen LogP contribution in [0.4, 0.5) is 0 Å². The Morgan fingerprint density at radius 3 is 2.17 bits per heavy atom. The van der Waals surface area contributed by atoms with E-state index in [9.17, 15) is 5.11 Å². The van der Waals surface area contributed by atoms with E-state index in [1.807, 2.05) is 13.8 Å². The summed E-state index contributed by atoms with van der Waals surface area (Å²) < 4.78 is 4.96. The second-order valence-corrected chi connectivity index (χ2v) is 2.76. The van der Waals surface area contributed by atoms with Gasteiger partial charge in [-0.05, 0) is 19.3 Å². The zero-order chi connectivity index (χ0) is 9.56. The minimum absolute atomic E-state index is 0.163. The fourth-order valence-electron chi connectivity index (χ4n) is 1.37. The predicted octanol–water partition coefficient (Wildman–Crippen LogP) is 0.933. The summed E-state index contributed by atoms with van der Waals surface area (Å²) in [5, 5.41) is 18.4. The molecule has 3 heteroatoms. The number of aliphatic hydroxyl groups excluding tert-OH is 2. The fraction of sp³-hybridized carbons (Fsp3) is 1.00. The Bertz CT molecular complexity index is 106. The van der Waals surface area contributed by atoms with Crippen molar-refractivity contribution in [1.29, 1.82) is 0 Å². The maximum Gasteiger partial charge on any atom is 0.106 e. The summed E-state index contributed by atoms with van der Waals surface area (Å²) in [5.41, 5.74) is 0. The molecule has 12 heavy (non-hydrogen) atoms. The Kier molecular flexibility index (Phi) is 6.34. The minimum atomic E-state index is -0.682. The molecule has 0 bridgehead atoms. The van der Waals surface area contributed by atoms with Gasteiger partial charge >= 0.3 is 0 Å². The van der Waals surface area contributed by atoms with Gasteiger partial charge in [-0.3, -0.25) is 0 Å². The number of aliphatic hydroxyl groups is 2. The monoisotopic (exact) mass is 176 g/mol. The van der Waals surface area contributed by atoms with Gasteiger partial charge in [0, 0.05) is 7.11 Å². The van der Waals surface area contributed by atoms with E-state index in [0.717, 1.165) is 12.8 Å². The van der Waals surface area contributed by atoms with Crippen molar-refractivity contribution in [1.82, 2.24) is 0 Å². The maximum absolute atomic E-state index is 9.26. The third-order valence-corrected chi connectivity index (χ3v) is 2.07. The van der Waals surface area contributed by atoms with Gasteiger partial charge in [0.25, 0.3) is 0 Å². The van der Waals surface area contributed by atoms with Gasteiger partial charge in [0.2, 0.25) is 0 Å². The van der Waals surface area contributed by atoms with Crippen LogP contribution >= 0.6 is 0 Å². The summed E-state index contributed by atoms with van der Waals surface area (Å²) >= 11 is 0. The summed E-state index contributed by atoms with van der Waals surface area (Å²) in [7, 11) is 1.56. The zero-order valence-corrected chi connectivity index (χ0v) is 8.16. The molecular formula is C9H20O3. The summed E-state index contributed by atoms with van der Waals surface area (Å²) in [6, 6.07) is 0. The number of ether oxygens (including phenoxy) is 1. The highest BCUT2D eigenvalue weighted by Gasteiger charge is 2.29. The lowest BCUT2D eigenvalue weighted by Gasteiger charge is -2.30. The van der Waals surface area contributed by atoms with E-state index in [1.54, 1.807) is 7.11 Å². The quantitative estimate of drug-likeness (QED) is 0.625. The van der Waals surface area contributed by atoms with Crippen LogP contribution in [-0.2, 0) is 4.74 Å². The van der Waals surface area contributed by atoms with E-state index in [2.05, 4.69) is 0 Å². The Hall–Kier alpha value is -0.120. The van der Waals surface area contributed by atoms with Crippen LogP contribution in [0.25, 0.3) is 0 Å². The molecule has 1 rings (SSSR count). The van der Waals surface area contributed by atoms with Crippen LogP contribution in [0.3, 0.4) is 0 Å². The molecule has 0 aromatic rings. The molecule has 74 valence electrons. The first-order valence-electron chi connectivity index (χ1n) is 4.64. The van der Waals surface area contributed by atoms with E-state index in [0.29, 0.717) is 6.42 Å². The molecule has 0 radical (unpaired) electrons. The van der Waals surface area contributed by atoms with Crippen LogP contribution in [0.5, 0.6) is 0 Å². The Morgan fingerprint density at radius 1 is 1.17 bits per heavy atom. The lowest BCUT2D eigenvalue weighted by molar-refractivity contribution is -0.0993. The van der Waals surface area contributed by atoms with E-state index in [-0.39, 0.29) is 6.10 Å². The minimum Gasteiger partial charge on any atom is -0.390 e. The molecule has 1 aliphatic carbocycles. The third-order valence-electron chi connectivity index (χ3n) is 2.07. The number of hydrogen-bond donors (Lipinski definition) is 2. The summed E-state index contributed by atoms with van der Waals surface area (Å²) in [6.07, 6.45) is 1.06. The average Bonchev–Trinajstić information content (AvgIpc) is 2.13. The van der Waals surface area contributed by atoms with Crippen LogP contribution in [-0.4, -0.2) is 35.6 Å². The first-order valence-corrected chi connectivity index (χ1v) is 4.64. The Morgan fingerprint density at radius 2 is 1.75 bits per heavy atom. The van der Waals surface area contributed by atoms with Crippen molar-refractivity contribution in [2.45, 2.75) is 51.4 Å². The molecule has 0 heterocycles. The normalized spacial score (nSPS) is 35.2. The highest BCUT2D eigenvalue weighted by atomic mass is 16.5. The third kappa shape index (κ3) is 3.09. The van der Waals surface area contributed by atoms with Crippen LogP contribution in [0.2, 0.25) is 0 Å². The van der Waals surface area contributed by atoms with E-state index < -0.39 is 12.2 Å². The SMILES string of the molecule is CC.COC1CCCC(O)[C@@H]1O. The lowest BCUT2D eigenvalue weighted by atomic mass is 9.92. The molecule has 0 aliphatic heterocycles. The highest BCUT2D eigenvalue weighted by molar-refractivity contribution is 4.81. The first-order chi connectivity index (χ1) is 5.75. The zero-order valence-electron chi connectivity index (χ0n) is 8.16. The molecule has 0 saturated heterocycles. The summed E-state index contributed by atoms with van der Waals surface area (Å²) in [5.74, 6) is 0. The fourth-order valence-corrected chi connectivity index (χ4v) is 1.37. The van der Waals surface area contributed by atoms with Crippen molar-refractivity contribution in [2.24, 2.45) is 0 Å². The second-order valence-electron chi connectivity index (χ2n) is 2.76. The van der Waals surface area contributed by atoms with E-state index >= 15 is 0 Å². The predicted molar refractivity (Wildman–Crippen MR) is 48.0 cm³/mol. The number of methoxy groups -OCH3 is 1. The Labute approximate surface area is 74.4 Å². The molecule has 1 aliphatic rings. The molecule has 2 N–H and O–H groups in total. The van der Waals surface area contributed by atoms with Gasteiger partial charge in [-0.25, -0.2) is 0 Å². The standard InChI is InChI=1S/C7H14O3.C2H6/c1-10-6-4-2-3-5(8)7(6)9;1-2/h5-9H,2-4H2,1H3;1-2H3/t5?,6?,7-;/m0./s1. The molecule has 1 saturated carbocycles. The molecule has 1 fully saturated rings. The Balaban J connectivity index is 0.000000561. The van der Waals surface area contributed by atoms with Gasteiger partial charge < -0.3 is 14.9 Å². The molecule has 0 amide bonds. The van der Waals surface area contributed by atoms with Crippen molar-refractivity contribution >= 4 is 0 Å². The van der Waals surface area contributed by atoms with Gasteiger partial charge in [-0.15, -0.1) is 0 Å². The lowest BCUT2D eigenvalue weighted by Crippen LogP contribution is -2.41. The smallest absolute Gasteiger partial charge is 0.106 e. The van der Waals surface area contributed by atoms with E-state index in [1.165, 1.54) is 0 Å². The van der Waals surface area contributed by atoms with Gasteiger partial charge in [-0.2, -0.15) is 0 Å². The van der Waals surface area contributed by atoms with Crippen molar-refractivity contribution in [3.63, 3.8) is 0 Å². The largest absolute Gasteiger partial charge is 0.390 e. The van der Waals surface area contributed by atoms with Crippen molar-refractivity contribution in [3.05, 3.63) is 0 Å². The van der Waals surface area contributed by atoms with Crippen LogP contribution in [0, 0.1) is 0 Å². The van der Waals surface area contributed by atoms with Gasteiger partial charge in [-0.1, -0.05) is 13.8 Å². The molecule has 3 atom stereocenters. The van der Waals surface area contributed by atoms with Crippen LogP contribution < -0.4 is 0 Å². The first kappa shape index (κ1) is 11.9. The summed E-state index contributed by atoms with van der Waals surface area (Å²) in [4.78, 5) is 0. The molecule has 0 spiro atoms. The molecular weight excluding hydrogens is 156 g/mol. The summed E-state index contributed by atoms with van der Waals surface area (Å²) in [6.45, 7) is 4.00. The van der Waals surface area contributed by atoms with Crippen molar-refractivity contribution in [2.75, 3.05) is 7.11 Å². The molecule has 2 unspecified atom stereocenters. The van der Waals surface area contributed by atoms with Crippen LogP contribution in [0.15, 0.2) is 0 Å². The number of rotatable bonds is 1. The van der Waals surface area contributed by atoms with Crippen LogP contribution in [0.1, 0.15) is 33.1 Å². The average molecular weight is 176 g/mol. The molecule has 0 aromatic carbocycles. The number of hydrogen-bond acceptors (Lipinski definition) is 3. The van der Waals surface area contributed by atoms with Gasteiger partial charge in [0.1, 0.15) is 6.10 Å². The molecule has 0 aromatic heterocycles. The maximum atomic E-state index is 9.26. The molecule has 3 nitrogen and oxygen atoms in total. The topological polar surface area (TPSA) is 49.7 Å². The van der Waals surface area contributed by atoms with Crippen molar-refractivity contribution < 1.29 is 14.9 Å². The highest BCUT2D eigenvalue weighted by Crippen LogP contribution is 2.20.